The largest absolute Gasteiger partial charge is 0.479 e. The second-order valence-electron chi connectivity index (χ2n) is 7.66. The van der Waals surface area contributed by atoms with Crippen LogP contribution in [0.1, 0.15) is 36.5 Å². The molecular formula is C24H27NO3S2. The predicted molar refractivity (Wildman–Crippen MR) is 125 cm³/mol. The van der Waals surface area contributed by atoms with Crippen molar-refractivity contribution in [2.24, 2.45) is 0 Å². The maximum Gasteiger partial charge on any atom is 0.333 e. The van der Waals surface area contributed by atoms with Crippen molar-refractivity contribution in [3.05, 3.63) is 75.0 Å². The number of carboxylic acids is 1. The molecule has 0 bridgehead atoms. The number of carboxylic acid groups (broad SMARTS) is 1. The molecule has 1 aliphatic carbocycles. The SMILES string of the molecule is CCCOC(Cc1ccc(CCN2SC3=C(CC=C3)Cc3ccsc32)cc1)C(=O)O. The quantitative estimate of drug-likeness (QED) is 0.511. The number of fused-ring (bicyclic) bond motifs is 1. The number of rotatable bonds is 9. The van der Waals surface area contributed by atoms with Crippen molar-refractivity contribution in [1.29, 1.82) is 0 Å². The minimum Gasteiger partial charge on any atom is -0.479 e. The summed E-state index contributed by atoms with van der Waals surface area (Å²) in [4.78, 5) is 12.8. The molecule has 0 amide bonds. The summed E-state index contributed by atoms with van der Waals surface area (Å²) in [6, 6.07) is 10.6. The zero-order valence-electron chi connectivity index (χ0n) is 17.2. The number of thiophene rings is 1. The van der Waals surface area contributed by atoms with Crippen LogP contribution in [0.3, 0.4) is 0 Å². The molecule has 1 aromatic heterocycles. The molecule has 2 aliphatic rings. The van der Waals surface area contributed by atoms with Gasteiger partial charge in [-0.15, -0.1) is 11.3 Å². The summed E-state index contributed by atoms with van der Waals surface area (Å²) >= 11 is 3.69. The first-order valence-corrected chi connectivity index (χ1v) is 12.1. The van der Waals surface area contributed by atoms with E-state index in [9.17, 15) is 9.90 Å². The molecule has 1 N–H and O–H groups in total. The van der Waals surface area contributed by atoms with E-state index in [1.807, 2.05) is 42.3 Å². The van der Waals surface area contributed by atoms with Gasteiger partial charge in [-0.1, -0.05) is 43.3 Å². The molecule has 158 valence electrons. The summed E-state index contributed by atoms with van der Waals surface area (Å²) in [5.74, 6) is -0.896. The number of nitrogens with zero attached hydrogens (tertiary/aromatic N) is 1. The first-order valence-electron chi connectivity index (χ1n) is 10.5. The maximum atomic E-state index is 11.4. The Kier molecular flexibility index (Phi) is 6.97. The van der Waals surface area contributed by atoms with Gasteiger partial charge >= 0.3 is 5.97 Å². The van der Waals surface area contributed by atoms with Crippen LogP contribution in [0.5, 0.6) is 0 Å². The zero-order valence-corrected chi connectivity index (χ0v) is 18.8. The van der Waals surface area contributed by atoms with E-state index in [-0.39, 0.29) is 0 Å². The molecule has 0 saturated carbocycles. The number of anilines is 1. The van der Waals surface area contributed by atoms with Crippen LogP contribution in [-0.4, -0.2) is 30.3 Å². The van der Waals surface area contributed by atoms with E-state index in [1.165, 1.54) is 26.6 Å². The summed E-state index contributed by atoms with van der Waals surface area (Å²) in [5.41, 5.74) is 5.23. The standard InChI is InChI=1S/C24H27NO3S2/c1-2-13-28-21(24(26)27)15-18-8-6-17(7-9-18)10-12-25-23-20(11-14-29-23)16-19-4-3-5-22(19)30-25/h3,5-9,11,14,21H,2,4,10,12-13,15-16H2,1H3,(H,26,27). The third-order valence-corrected chi connectivity index (χ3v) is 7.69. The van der Waals surface area contributed by atoms with Crippen molar-refractivity contribution in [3.8, 4) is 0 Å². The number of carbonyl (C=O) groups is 1. The van der Waals surface area contributed by atoms with Crippen LogP contribution >= 0.6 is 23.3 Å². The Hall–Kier alpha value is -2.02. The lowest BCUT2D eigenvalue weighted by Gasteiger charge is -2.22. The van der Waals surface area contributed by atoms with Crippen molar-refractivity contribution in [3.63, 3.8) is 0 Å². The van der Waals surface area contributed by atoms with Gasteiger partial charge in [0.15, 0.2) is 6.10 Å². The van der Waals surface area contributed by atoms with Gasteiger partial charge < -0.3 is 14.1 Å². The number of ether oxygens (including phenoxy) is 1. The third-order valence-electron chi connectivity index (χ3n) is 5.39. The summed E-state index contributed by atoms with van der Waals surface area (Å²) < 4.78 is 7.90. The molecule has 0 radical (unpaired) electrons. The van der Waals surface area contributed by atoms with Crippen LogP contribution in [0.15, 0.2) is 58.3 Å². The molecule has 2 aromatic rings. The Morgan fingerprint density at radius 3 is 2.80 bits per heavy atom. The van der Waals surface area contributed by atoms with Crippen LogP contribution in [0, 0.1) is 0 Å². The number of aliphatic carboxylic acids is 1. The topological polar surface area (TPSA) is 49.8 Å². The van der Waals surface area contributed by atoms with Crippen molar-refractivity contribution >= 4 is 34.3 Å². The van der Waals surface area contributed by atoms with Gasteiger partial charge in [0.05, 0.1) is 0 Å². The highest BCUT2D eigenvalue weighted by atomic mass is 32.2. The summed E-state index contributed by atoms with van der Waals surface area (Å²) in [6.07, 6.45) is 8.06. The summed E-state index contributed by atoms with van der Waals surface area (Å²) in [6.45, 7) is 3.40. The molecule has 1 aromatic carbocycles. The molecule has 1 aliphatic heterocycles. The minimum atomic E-state index is -0.896. The normalized spacial score (nSPS) is 16.4. The van der Waals surface area contributed by atoms with Crippen LogP contribution in [0.25, 0.3) is 0 Å². The van der Waals surface area contributed by atoms with Gasteiger partial charge in [-0.2, -0.15) is 0 Å². The molecule has 1 atom stereocenters. The van der Waals surface area contributed by atoms with Crippen molar-refractivity contribution in [1.82, 2.24) is 0 Å². The van der Waals surface area contributed by atoms with Crippen molar-refractivity contribution in [2.45, 2.75) is 45.1 Å². The molecule has 4 nitrogen and oxygen atoms in total. The van der Waals surface area contributed by atoms with Gasteiger partial charge in [-0.05, 0) is 71.3 Å². The second kappa shape index (κ2) is 9.86. The molecule has 0 saturated heterocycles. The van der Waals surface area contributed by atoms with Crippen molar-refractivity contribution in [2.75, 3.05) is 17.5 Å². The summed E-state index contributed by atoms with van der Waals surface area (Å²) in [7, 11) is 0. The van der Waals surface area contributed by atoms with Gasteiger partial charge in [0.1, 0.15) is 5.00 Å². The molecule has 30 heavy (non-hydrogen) atoms. The van der Waals surface area contributed by atoms with E-state index >= 15 is 0 Å². The minimum absolute atomic E-state index is 0.402. The lowest BCUT2D eigenvalue weighted by Crippen LogP contribution is -2.26. The van der Waals surface area contributed by atoms with Crippen LogP contribution in [0.2, 0.25) is 0 Å². The lowest BCUT2D eigenvalue weighted by atomic mass is 10.0. The second-order valence-corrected chi connectivity index (χ2v) is 9.62. The Balaban J connectivity index is 1.38. The average molecular weight is 442 g/mol. The predicted octanol–water partition coefficient (Wildman–Crippen LogP) is 5.64. The van der Waals surface area contributed by atoms with Gasteiger partial charge in [0.2, 0.25) is 0 Å². The van der Waals surface area contributed by atoms with E-state index in [0.717, 1.165) is 37.8 Å². The number of allylic oxidation sites excluding steroid dienone is 3. The average Bonchev–Trinajstić information content (AvgIpc) is 3.36. The number of hydrogen-bond donors (Lipinski definition) is 1. The lowest BCUT2D eigenvalue weighted by molar-refractivity contribution is -0.150. The Morgan fingerprint density at radius 2 is 2.03 bits per heavy atom. The first kappa shape index (κ1) is 21.2. The Morgan fingerprint density at radius 1 is 1.23 bits per heavy atom. The highest BCUT2D eigenvalue weighted by molar-refractivity contribution is 8.04. The Labute approximate surface area is 186 Å². The smallest absolute Gasteiger partial charge is 0.333 e. The van der Waals surface area contributed by atoms with Crippen molar-refractivity contribution < 1.29 is 14.6 Å². The monoisotopic (exact) mass is 441 g/mol. The third kappa shape index (κ3) is 4.99. The molecule has 1 unspecified atom stereocenters. The molecule has 0 fully saturated rings. The zero-order chi connectivity index (χ0) is 20.9. The summed E-state index contributed by atoms with van der Waals surface area (Å²) in [5, 5.41) is 12.9. The van der Waals surface area contributed by atoms with E-state index in [1.54, 1.807) is 0 Å². The van der Waals surface area contributed by atoms with E-state index in [2.05, 4.69) is 40.0 Å². The van der Waals surface area contributed by atoms with Gasteiger partial charge in [-0.25, -0.2) is 4.79 Å². The van der Waals surface area contributed by atoms with Crippen LogP contribution < -0.4 is 4.31 Å². The van der Waals surface area contributed by atoms with Gasteiger partial charge in [0.25, 0.3) is 0 Å². The number of hydrogen-bond acceptors (Lipinski definition) is 5. The molecule has 4 rings (SSSR count). The molecular weight excluding hydrogens is 414 g/mol. The maximum absolute atomic E-state index is 11.4. The Bertz CT molecular complexity index is 946. The molecule has 6 heteroatoms. The first-order chi connectivity index (χ1) is 14.6. The van der Waals surface area contributed by atoms with Crippen LogP contribution in [0.4, 0.5) is 5.00 Å². The number of benzene rings is 1. The van der Waals surface area contributed by atoms with E-state index in [0.29, 0.717) is 13.0 Å². The highest BCUT2D eigenvalue weighted by Crippen LogP contribution is 2.44. The fourth-order valence-corrected chi connectivity index (χ4v) is 5.93. The fraction of sp³-hybridized carbons (Fsp3) is 0.375. The van der Waals surface area contributed by atoms with E-state index < -0.39 is 12.1 Å². The van der Waals surface area contributed by atoms with Gasteiger partial charge in [0, 0.05) is 24.5 Å². The molecule has 0 spiro atoms. The van der Waals surface area contributed by atoms with Gasteiger partial charge in [-0.3, -0.25) is 0 Å². The van der Waals surface area contributed by atoms with Crippen LogP contribution in [-0.2, 0) is 28.8 Å². The fourth-order valence-electron chi connectivity index (χ4n) is 3.76. The highest BCUT2D eigenvalue weighted by Gasteiger charge is 2.24. The molecule has 2 heterocycles. The van der Waals surface area contributed by atoms with E-state index in [4.69, 9.17) is 4.74 Å².